The highest BCUT2D eigenvalue weighted by Crippen LogP contribution is 2.25. The fraction of sp³-hybridized carbons (Fsp3) is 0.913. The molecule has 0 aliphatic rings. The monoisotopic (exact) mass is 402 g/mol. The van der Waals surface area contributed by atoms with Gasteiger partial charge in [-0.3, -0.25) is 9.59 Å². The number of hydrogen-bond acceptors (Lipinski definition) is 5. The highest BCUT2D eigenvalue weighted by molar-refractivity contribution is 5.66. The van der Waals surface area contributed by atoms with E-state index in [2.05, 4.69) is 34.6 Å². The van der Waals surface area contributed by atoms with Crippen molar-refractivity contribution in [3.63, 3.8) is 0 Å². The van der Waals surface area contributed by atoms with Crippen LogP contribution < -0.4 is 0 Å². The van der Waals surface area contributed by atoms with Gasteiger partial charge < -0.3 is 14.2 Å². The van der Waals surface area contributed by atoms with E-state index in [9.17, 15) is 9.59 Å². The summed E-state index contributed by atoms with van der Waals surface area (Å²) in [5.41, 5.74) is 0.523. The molecule has 0 fully saturated rings. The van der Waals surface area contributed by atoms with Crippen LogP contribution in [0.25, 0.3) is 0 Å². The molecule has 0 saturated heterocycles. The molecule has 0 spiro atoms. The second kappa shape index (κ2) is 16.8. The summed E-state index contributed by atoms with van der Waals surface area (Å²) in [7, 11) is 0. The summed E-state index contributed by atoms with van der Waals surface area (Å²) in [6.07, 6.45) is 4.46. The fourth-order valence-corrected chi connectivity index (χ4v) is 2.63. The van der Waals surface area contributed by atoms with Crippen molar-refractivity contribution in [1.82, 2.24) is 0 Å². The van der Waals surface area contributed by atoms with Gasteiger partial charge in [0.2, 0.25) is 0 Å². The average Bonchev–Trinajstić information content (AvgIpc) is 2.59. The summed E-state index contributed by atoms with van der Waals surface area (Å²) in [6, 6.07) is 0. The lowest BCUT2D eigenvalue weighted by molar-refractivity contribution is -0.143. The van der Waals surface area contributed by atoms with Gasteiger partial charge in [0.25, 0.3) is 0 Å². The standard InChI is InChI=1S/C14H26O5.C9H20/c1-5-13(9-18-11(3)15)7-17-8-14(6-2)10-19-12(4)16;1-6-8(2)7-9(3,4)5/h13-14H,5-10H2,1-4H3;8H,6-7H2,1-5H3. The molecule has 5 nitrogen and oxygen atoms in total. The Kier molecular flexibility index (Phi) is 17.5. The first-order valence-electron chi connectivity index (χ1n) is 10.8. The molecule has 0 rings (SSSR count). The zero-order valence-electron chi connectivity index (χ0n) is 19.9. The minimum absolute atomic E-state index is 0.218. The van der Waals surface area contributed by atoms with Crippen LogP contribution in [-0.2, 0) is 23.8 Å². The Morgan fingerprint density at radius 3 is 1.36 bits per heavy atom. The number of rotatable bonds is 12. The molecule has 0 aliphatic heterocycles. The first-order chi connectivity index (χ1) is 12.9. The molecule has 3 atom stereocenters. The van der Waals surface area contributed by atoms with Gasteiger partial charge in [-0.2, -0.15) is 0 Å². The Hall–Kier alpha value is -1.10. The maximum absolute atomic E-state index is 10.7. The van der Waals surface area contributed by atoms with Crippen LogP contribution in [0.15, 0.2) is 0 Å². The molecule has 3 unspecified atom stereocenters. The maximum Gasteiger partial charge on any atom is 0.302 e. The van der Waals surface area contributed by atoms with E-state index in [1.54, 1.807) is 0 Å². The van der Waals surface area contributed by atoms with E-state index in [4.69, 9.17) is 14.2 Å². The van der Waals surface area contributed by atoms with Crippen LogP contribution >= 0.6 is 0 Å². The van der Waals surface area contributed by atoms with Crippen LogP contribution in [0.3, 0.4) is 0 Å². The average molecular weight is 403 g/mol. The van der Waals surface area contributed by atoms with E-state index < -0.39 is 0 Å². The lowest BCUT2D eigenvalue weighted by atomic mass is 9.84. The first kappa shape index (κ1) is 29.1. The van der Waals surface area contributed by atoms with Gasteiger partial charge in [0.1, 0.15) is 0 Å². The Balaban J connectivity index is 0. The Bertz CT molecular complexity index is 374. The largest absolute Gasteiger partial charge is 0.465 e. The third-order valence-corrected chi connectivity index (χ3v) is 4.56. The minimum Gasteiger partial charge on any atom is -0.465 e. The van der Waals surface area contributed by atoms with E-state index in [-0.39, 0.29) is 23.8 Å². The molecule has 0 aromatic rings. The Morgan fingerprint density at radius 2 is 1.14 bits per heavy atom. The summed E-state index contributed by atoms with van der Waals surface area (Å²) in [5.74, 6) is 0.801. The second-order valence-electron chi connectivity index (χ2n) is 8.97. The zero-order chi connectivity index (χ0) is 22.2. The number of ether oxygens (including phenoxy) is 3. The zero-order valence-corrected chi connectivity index (χ0v) is 19.9. The van der Waals surface area contributed by atoms with E-state index in [0.717, 1.165) is 18.8 Å². The van der Waals surface area contributed by atoms with Crippen molar-refractivity contribution in [2.75, 3.05) is 26.4 Å². The molecule has 0 heterocycles. The van der Waals surface area contributed by atoms with Crippen LogP contribution in [0.4, 0.5) is 0 Å². The lowest BCUT2D eigenvalue weighted by Crippen LogP contribution is -2.22. The Morgan fingerprint density at radius 1 is 0.750 bits per heavy atom. The van der Waals surface area contributed by atoms with E-state index in [1.807, 2.05) is 13.8 Å². The molecule has 0 aromatic carbocycles. The van der Waals surface area contributed by atoms with E-state index >= 15 is 0 Å². The van der Waals surface area contributed by atoms with Crippen LogP contribution in [0, 0.1) is 23.2 Å². The van der Waals surface area contributed by atoms with Crippen LogP contribution in [0.2, 0.25) is 0 Å². The summed E-state index contributed by atoms with van der Waals surface area (Å²) in [6.45, 7) is 20.3. The topological polar surface area (TPSA) is 61.8 Å². The number of carbonyl (C=O) groups is 2. The van der Waals surface area contributed by atoms with Gasteiger partial charge in [0.05, 0.1) is 26.4 Å². The smallest absolute Gasteiger partial charge is 0.302 e. The van der Waals surface area contributed by atoms with Crippen molar-refractivity contribution in [2.24, 2.45) is 23.2 Å². The highest BCUT2D eigenvalue weighted by atomic mass is 16.5. The normalized spacial score (nSPS) is 14.3. The quantitative estimate of drug-likeness (QED) is 0.395. The summed E-state index contributed by atoms with van der Waals surface area (Å²) in [4.78, 5) is 21.5. The molecule has 0 saturated carbocycles. The van der Waals surface area contributed by atoms with Crippen molar-refractivity contribution < 1.29 is 23.8 Å². The summed E-state index contributed by atoms with van der Waals surface area (Å²) < 4.78 is 15.6. The van der Waals surface area contributed by atoms with Gasteiger partial charge in [0, 0.05) is 25.7 Å². The van der Waals surface area contributed by atoms with Crippen LogP contribution in [0.5, 0.6) is 0 Å². The van der Waals surface area contributed by atoms with Gasteiger partial charge in [-0.15, -0.1) is 0 Å². The van der Waals surface area contributed by atoms with Crippen molar-refractivity contribution in [1.29, 1.82) is 0 Å². The lowest BCUT2D eigenvalue weighted by Gasteiger charge is -2.21. The molecule has 28 heavy (non-hydrogen) atoms. The molecule has 0 radical (unpaired) electrons. The molecule has 0 bridgehead atoms. The van der Waals surface area contributed by atoms with E-state index in [0.29, 0.717) is 31.8 Å². The van der Waals surface area contributed by atoms with Crippen molar-refractivity contribution in [3.05, 3.63) is 0 Å². The third-order valence-electron chi connectivity index (χ3n) is 4.56. The first-order valence-corrected chi connectivity index (χ1v) is 10.8. The molecule has 0 N–H and O–H groups in total. The molecular formula is C23H46O5. The van der Waals surface area contributed by atoms with Crippen molar-refractivity contribution in [2.45, 2.75) is 88.0 Å². The van der Waals surface area contributed by atoms with Gasteiger partial charge in [-0.1, -0.05) is 54.9 Å². The number of carbonyl (C=O) groups excluding carboxylic acids is 2. The van der Waals surface area contributed by atoms with Gasteiger partial charge >= 0.3 is 11.9 Å². The number of hydrogen-bond donors (Lipinski definition) is 0. The fourth-order valence-electron chi connectivity index (χ4n) is 2.63. The Labute approximate surface area is 173 Å². The van der Waals surface area contributed by atoms with Gasteiger partial charge in [0.15, 0.2) is 0 Å². The minimum atomic E-state index is -0.264. The van der Waals surface area contributed by atoms with Crippen molar-refractivity contribution in [3.8, 4) is 0 Å². The molecule has 0 aromatic heterocycles. The van der Waals surface area contributed by atoms with Crippen LogP contribution in [0.1, 0.15) is 88.0 Å². The predicted octanol–water partition coefficient (Wildman–Crippen LogP) is 5.65. The van der Waals surface area contributed by atoms with Gasteiger partial charge in [-0.25, -0.2) is 0 Å². The predicted molar refractivity (Wildman–Crippen MR) is 115 cm³/mol. The maximum atomic E-state index is 10.7. The molecule has 5 heteroatoms. The van der Waals surface area contributed by atoms with Crippen LogP contribution in [-0.4, -0.2) is 38.4 Å². The van der Waals surface area contributed by atoms with E-state index in [1.165, 1.54) is 26.7 Å². The summed E-state index contributed by atoms with van der Waals surface area (Å²) >= 11 is 0. The summed E-state index contributed by atoms with van der Waals surface area (Å²) in [5, 5.41) is 0. The molecule has 0 amide bonds. The highest BCUT2D eigenvalue weighted by Gasteiger charge is 2.13. The SMILES string of the molecule is CCC(C)CC(C)(C)C.CCC(COCC(CC)COC(C)=O)COC(C)=O. The second-order valence-corrected chi connectivity index (χ2v) is 8.97. The third kappa shape index (κ3) is 21.2. The van der Waals surface area contributed by atoms with Crippen molar-refractivity contribution >= 4 is 11.9 Å². The van der Waals surface area contributed by atoms with Gasteiger partial charge in [-0.05, 0) is 30.6 Å². The number of esters is 2. The molecule has 0 aliphatic carbocycles. The molecule has 168 valence electrons. The molecular weight excluding hydrogens is 356 g/mol.